The lowest BCUT2D eigenvalue weighted by Crippen LogP contribution is -2.32. The van der Waals surface area contributed by atoms with Crippen LogP contribution in [-0.2, 0) is 11.2 Å². The first kappa shape index (κ1) is 20.0. The summed E-state index contributed by atoms with van der Waals surface area (Å²) in [4.78, 5) is 18.9. The quantitative estimate of drug-likeness (QED) is 0.646. The van der Waals surface area contributed by atoms with Crippen molar-refractivity contribution < 1.29 is 18.7 Å². The van der Waals surface area contributed by atoms with Gasteiger partial charge in [-0.05, 0) is 50.3 Å². The molecule has 0 saturated heterocycles. The minimum absolute atomic E-state index is 0.0885. The van der Waals surface area contributed by atoms with Gasteiger partial charge in [0.1, 0.15) is 24.7 Å². The molecule has 2 aromatic carbocycles. The van der Waals surface area contributed by atoms with Crippen molar-refractivity contribution >= 4 is 11.6 Å². The molecule has 0 radical (unpaired) electrons. The van der Waals surface area contributed by atoms with E-state index >= 15 is 0 Å². The van der Waals surface area contributed by atoms with E-state index in [1.807, 2.05) is 61.5 Å². The number of oxazole rings is 1. The minimum Gasteiger partial charge on any atom is -0.492 e. The van der Waals surface area contributed by atoms with Gasteiger partial charge in [-0.15, -0.1) is 0 Å². The van der Waals surface area contributed by atoms with Crippen molar-refractivity contribution in [3.05, 3.63) is 60.6 Å². The number of benzene rings is 2. The number of anilines is 1. The van der Waals surface area contributed by atoms with Gasteiger partial charge in [-0.2, -0.15) is 0 Å². The first-order chi connectivity index (χ1) is 14.6. The van der Waals surface area contributed by atoms with Crippen molar-refractivity contribution in [2.75, 3.05) is 39.2 Å². The molecule has 4 rings (SSSR count). The van der Waals surface area contributed by atoms with Crippen molar-refractivity contribution in [2.45, 2.75) is 6.42 Å². The smallest absolute Gasteiger partial charge is 0.231 e. The summed E-state index contributed by atoms with van der Waals surface area (Å²) in [5.74, 6) is 1.74. The van der Waals surface area contributed by atoms with Gasteiger partial charge in [0.25, 0.3) is 0 Å². The van der Waals surface area contributed by atoms with Crippen molar-refractivity contribution in [2.24, 2.45) is 5.92 Å². The summed E-state index contributed by atoms with van der Waals surface area (Å²) in [6, 6.07) is 13.4. The molecular weight excluding hydrogens is 382 g/mol. The second-order valence-corrected chi connectivity index (χ2v) is 7.54. The van der Waals surface area contributed by atoms with Gasteiger partial charge < -0.3 is 24.1 Å². The number of fused-ring (bicyclic) bond motifs is 1. The van der Waals surface area contributed by atoms with Crippen molar-refractivity contribution in [1.29, 1.82) is 0 Å². The van der Waals surface area contributed by atoms with E-state index in [0.29, 0.717) is 36.8 Å². The number of aromatic nitrogens is 1. The number of carbonyl (C=O) groups is 1. The average molecular weight is 407 g/mol. The summed E-state index contributed by atoms with van der Waals surface area (Å²) in [7, 11) is 3.97. The van der Waals surface area contributed by atoms with Crippen LogP contribution in [0.5, 0.6) is 11.5 Å². The van der Waals surface area contributed by atoms with Crippen LogP contribution in [0.4, 0.5) is 5.69 Å². The summed E-state index contributed by atoms with van der Waals surface area (Å²) in [6.07, 6.45) is 3.68. The average Bonchev–Trinajstić information content (AvgIpc) is 3.29. The fourth-order valence-corrected chi connectivity index (χ4v) is 3.33. The number of amides is 1. The summed E-state index contributed by atoms with van der Waals surface area (Å²) in [5.41, 5.74) is 2.51. The Bertz CT molecular complexity index is 1000. The zero-order valence-corrected chi connectivity index (χ0v) is 17.1. The molecule has 30 heavy (non-hydrogen) atoms. The number of nitrogens with zero attached hydrogens (tertiary/aromatic N) is 2. The number of hydrogen-bond donors (Lipinski definition) is 1. The Morgan fingerprint density at radius 2 is 2.13 bits per heavy atom. The molecule has 0 saturated carbocycles. The Balaban J connectivity index is 1.51. The Hall–Kier alpha value is -3.32. The molecule has 1 aromatic heterocycles. The maximum Gasteiger partial charge on any atom is 0.231 e. The third-order valence-electron chi connectivity index (χ3n) is 5.00. The molecule has 0 bridgehead atoms. The highest BCUT2D eigenvalue weighted by molar-refractivity contribution is 5.94. The molecule has 1 atom stereocenters. The van der Waals surface area contributed by atoms with Gasteiger partial charge in [0.15, 0.2) is 12.2 Å². The van der Waals surface area contributed by atoms with E-state index in [1.165, 1.54) is 6.39 Å². The van der Waals surface area contributed by atoms with E-state index in [4.69, 9.17) is 13.9 Å². The van der Waals surface area contributed by atoms with Crippen LogP contribution in [0.25, 0.3) is 11.3 Å². The topological polar surface area (TPSA) is 76.8 Å². The number of para-hydroxylation sites is 1. The molecule has 1 N–H and O–H groups in total. The Morgan fingerprint density at radius 1 is 1.27 bits per heavy atom. The van der Waals surface area contributed by atoms with Crippen molar-refractivity contribution in [3.8, 4) is 22.8 Å². The highest BCUT2D eigenvalue weighted by Gasteiger charge is 2.26. The second-order valence-electron chi connectivity index (χ2n) is 7.54. The van der Waals surface area contributed by atoms with Crippen LogP contribution in [0.1, 0.15) is 5.56 Å². The van der Waals surface area contributed by atoms with Gasteiger partial charge in [-0.1, -0.05) is 18.2 Å². The van der Waals surface area contributed by atoms with Gasteiger partial charge in [0.2, 0.25) is 5.91 Å². The molecule has 7 nitrogen and oxygen atoms in total. The summed E-state index contributed by atoms with van der Waals surface area (Å²) in [5, 5.41) is 3.02. The summed E-state index contributed by atoms with van der Waals surface area (Å²) in [6.45, 7) is 1.61. The van der Waals surface area contributed by atoms with E-state index in [-0.39, 0.29) is 11.8 Å². The zero-order valence-electron chi connectivity index (χ0n) is 17.1. The number of rotatable bonds is 7. The van der Waals surface area contributed by atoms with Crippen LogP contribution in [0.3, 0.4) is 0 Å². The predicted molar refractivity (Wildman–Crippen MR) is 114 cm³/mol. The first-order valence-electron chi connectivity index (χ1n) is 9.92. The van der Waals surface area contributed by atoms with E-state index in [1.54, 1.807) is 6.20 Å². The van der Waals surface area contributed by atoms with Gasteiger partial charge in [0.05, 0.1) is 17.8 Å². The highest BCUT2D eigenvalue weighted by Crippen LogP contribution is 2.32. The Labute approximate surface area is 175 Å². The monoisotopic (exact) mass is 407 g/mol. The molecule has 1 aliphatic heterocycles. The first-order valence-corrected chi connectivity index (χ1v) is 9.92. The van der Waals surface area contributed by atoms with E-state index in [0.717, 1.165) is 23.4 Å². The molecule has 7 heteroatoms. The van der Waals surface area contributed by atoms with Crippen molar-refractivity contribution in [1.82, 2.24) is 9.88 Å². The summed E-state index contributed by atoms with van der Waals surface area (Å²) >= 11 is 0. The maximum atomic E-state index is 12.9. The normalized spacial score (nSPS) is 15.4. The van der Waals surface area contributed by atoms with Crippen LogP contribution in [0.2, 0.25) is 0 Å². The molecule has 1 unspecified atom stereocenters. The number of likely N-dealkylation sites (N-methyl/N-ethyl adjacent to an activating group) is 1. The molecule has 0 fully saturated rings. The number of nitrogens with one attached hydrogen (secondary N) is 1. The van der Waals surface area contributed by atoms with Gasteiger partial charge in [-0.3, -0.25) is 4.79 Å². The SMILES string of the molecule is CN(C)CCOc1cc(-c2cnco2)ccc1NC(=O)C1COc2ccccc2C1. The lowest BCUT2D eigenvalue weighted by molar-refractivity contribution is -0.121. The predicted octanol–water partition coefficient (Wildman–Crippen LogP) is 3.47. The zero-order chi connectivity index (χ0) is 20.9. The number of ether oxygens (including phenoxy) is 2. The summed E-state index contributed by atoms with van der Waals surface area (Å²) < 4.78 is 17.1. The van der Waals surface area contributed by atoms with E-state index in [2.05, 4.69) is 10.3 Å². The van der Waals surface area contributed by atoms with E-state index < -0.39 is 0 Å². The third kappa shape index (κ3) is 4.63. The molecular formula is C23H25N3O4. The standard InChI is InChI=1S/C23H25N3O4/c1-26(2)9-10-28-21-12-17(22-13-24-15-30-22)7-8-19(21)25-23(27)18-11-16-5-3-4-6-20(16)29-14-18/h3-8,12-13,15,18H,9-11,14H2,1-2H3,(H,25,27). The molecule has 156 valence electrons. The van der Waals surface area contributed by atoms with Gasteiger partial charge in [0, 0.05) is 12.1 Å². The largest absolute Gasteiger partial charge is 0.492 e. The van der Waals surface area contributed by atoms with Crippen LogP contribution >= 0.6 is 0 Å². The second kappa shape index (κ2) is 9.00. The minimum atomic E-state index is -0.261. The number of hydrogen-bond acceptors (Lipinski definition) is 6. The van der Waals surface area contributed by atoms with Crippen LogP contribution in [0, 0.1) is 5.92 Å². The lowest BCUT2D eigenvalue weighted by Gasteiger charge is -2.25. The molecule has 3 aromatic rings. The third-order valence-corrected chi connectivity index (χ3v) is 5.00. The van der Waals surface area contributed by atoms with Crippen LogP contribution in [-0.4, -0.2) is 49.6 Å². The Kier molecular flexibility index (Phi) is 5.99. The van der Waals surface area contributed by atoms with Crippen LogP contribution < -0.4 is 14.8 Å². The van der Waals surface area contributed by atoms with Crippen LogP contribution in [0.15, 0.2) is 59.5 Å². The lowest BCUT2D eigenvalue weighted by atomic mass is 9.96. The van der Waals surface area contributed by atoms with E-state index in [9.17, 15) is 4.79 Å². The molecule has 2 heterocycles. The maximum absolute atomic E-state index is 12.9. The number of carbonyl (C=O) groups excluding carboxylic acids is 1. The molecule has 0 aliphatic carbocycles. The fourth-order valence-electron chi connectivity index (χ4n) is 3.33. The highest BCUT2D eigenvalue weighted by atomic mass is 16.5. The fraction of sp³-hybridized carbons (Fsp3) is 0.304. The molecule has 1 amide bonds. The van der Waals surface area contributed by atoms with Crippen molar-refractivity contribution in [3.63, 3.8) is 0 Å². The van der Waals surface area contributed by atoms with Gasteiger partial charge >= 0.3 is 0 Å². The Morgan fingerprint density at radius 3 is 2.93 bits per heavy atom. The molecule has 1 aliphatic rings. The molecule has 0 spiro atoms. The van der Waals surface area contributed by atoms with Gasteiger partial charge in [-0.25, -0.2) is 4.98 Å².